The lowest BCUT2D eigenvalue weighted by atomic mass is 10.2. The van der Waals surface area contributed by atoms with Crippen molar-refractivity contribution in [3.05, 3.63) is 35.3 Å². The summed E-state index contributed by atoms with van der Waals surface area (Å²) in [5.74, 6) is -2.74. The molecule has 1 aromatic heterocycles. The molecule has 1 fully saturated rings. The Kier molecular flexibility index (Phi) is 3.44. The lowest BCUT2D eigenvalue weighted by Gasteiger charge is -2.29. The molecule has 1 aliphatic rings. The molecule has 1 aromatic rings. The zero-order chi connectivity index (χ0) is 14.0. The van der Waals surface area contributed by atoms with Crippen LogP contribution in [0.5, 0.6) is 0 Å². The molecule has 2 heterocycles. The van der Waals surface area contributed by atoms with Crippen LogP contribution in [-0.2, 0) is 19.1 Å². The molecule has 0 amide bonds. The van der Waals surface area contributed by atoms with Gasteiger partial charge in [0.25, 0.3) is 5.79 Å². The Balaban J connectivity index is 2.15. The largest absolute Gasteiger partial charge is 0.419 e. The summed E-state index contributed by atoms with van der Waals surface area (Å²) in [6.45, 7) is 2.96. The van der Waals surface area contributed by atoms with E-state index < -0.39 is 17.7 Å². The molecule has 7 heteroatoms. The average molecular weight is 283 g/mol. The molecule has 100 valence electrons. The molecule has 0 aliphatic carbocycles. The van der Waals surface area contributed by atoms with E-state index in [1.807, 2.05) is 0 Å². The van der Waals surface area contributed by atoms with Gasteiger partial charge in [0.1, 0.15) is 0 Å². The Labute approximate surface area is 114 Å². The highest BCUT2D eigenvalue weighted by Gasteiger charge is 2.38. The molecule has 6 nitrogen and oxygen atoms in total. The van der Waals surface area contributed by atoms with Crippen molar-refractivity contribution in [2.75, 3.05) is 5.32 Å². The number of hydrogen-bond acceptors (Lipinski definition) is 6. The molecule has 0 atom stereocenters. The third-order valence-electron chi connectivity index (χ3n) is 2.20. The first-order valence-electron chi connectivity index (χ1n) is 5.41. The van der Waals surface area contributed by atoms with Gasteiger partial charge in [-0.1, -0.05) is 11.6 Å². The second kappa shape index (κ2) is 4.89. The molecular weight excluding hydrogens is 272 g/mol. The molecular formula is C12H11ClN2O4. The van der Waals surface area contributed by atoms with E-state index in [-0.39, 0.29) is 5.57 Å². The maximum absolute atomic E-state index is 11.6. The van der Waals surface area contributed by atoms with Crippen molar-refractivity contribution in [1.82, 2.24) is 4.98 Å². The van der Waals surface area contributed by atoms with Gasteiger partial charge in [0.05, 0.1) is 16.9 Å². The number of nitrogens with one attached hydrogen (secondary N) is 1. The molecule has 0 bridgehead atoms. The Morgan fingerprint density at radius 3 is 2.47 bits per heavy atom. The molecule has 0 radical (unpaired) electrons. The summed E-state index contributed by atoms with van der Waals surface area (Å²) in [6, 6.07) is 1.59. The molecule has 2 rings (SSSR count). The summed E-state index contributed by atoms with van der Waals surface area (Å²) in [5, 5.41) is 3.16. The van der Waals surface area contributed by atoms with Crippen LogP contribution in [0.2, 0.25) is 5.02 Å². The predicted octanol–water partition coefficient (Wildman–Crippen LogP) is 1.87. The number of rotatable bonds is 2. The van der Waals surface area contributed by atoms with Gasteiger partial charge in [-0.15, -0.1) is 0 Å². The maximum Gasteiger partial charge on any atom is 0.350 e. The van der Waals surface area contributed by atoms with Crippen LogP contribution in [0.1, 0.15) is 13.8 Å². The topological polar surface area (TPSA) is 77.5 Å². The van der Waals surface area contributed by atoms with Crippen molar-refractivity contribution in [2.24, 2.45) is 0 Å². The van der Waals surface area contributed by atoms with E-state index in [0.717, 1.165) is 0 Å². The minimum absolute atomic E-state index is 0.223. The van der Waals surface area contributed by atoms with E-state index in [4.69, 9.17) is 21.1 Å². The number of hydrogen-bond donors (Lipinski definition) is 1. The van der Waals surface area contributed by atoms with Gasteiger partial charge in [-0.05, 0) is 6.07 Å². The minimum Gasteiger partial charge on any atom is -0.419 e. The highest BCUT2D eigenvalue weighted by molar-refractivity contribution is 6.30. The second-order valence-electron chi connectivity index (χ2n) is 4.27. The van der Waals surface area contributed by atoms with Gasteiger partial charge in [-0.2, -0.15) is 0 Å². The Hall–Kier alpha value is -2.08. The van der Waals surface area contributed by atoms with Crippen molar-refractivity contribution in [1.29, 1.82) is 0 Å². The Morgan fingerprint density at radius 1 is 1.26 bits per heavy atom. The monoisotopic (exact) mass is 282 g/mol. The highest BCUT2D eigenvalue weighted by atomic mass is 35.5. The van der Waals surface area contributed by atoms with Crippen LogP contribution in [0.15, 0.2) is 30.2 Å². The normalized spacial score (nSPS) is 17.5. The van der Waals surface area contributed by atoms with Gasteiger partial charge in [0, 0.05) is 26.2 Å². The SMILES string of the molecule is CC1(C)OC(=O)C(=CNc2cncc(Cl)c2)C(=O)O1. The minimum atomic E-state index is -1.25. The van der Waals surface area contributed by atoms with E-state index in [1.54, 1.807) is 6.07 Å². The number of aromatic nitrogens is 1. The van der Waals surface area contributed by atoms with Crippen LogP contribution in [0, 0.1) is 0 Å². The molecule has 0 aromatic carbocycles. The fourth-order valence-corrected chi connectivity index (χ4v) is 1.60. The first-order chi connectivity index (χ1) is 8.87. The number of nitrogens with zero attached hydrogens (tertiary/aromatic N) is 1. The first kappa shape index (κ1) is 13.4. The van der Waals surface area contributed by atoms with E-state index in [9.17, 15) is 9.59 Å². The molecule has 1 saturated heterocycles. The summed E-state index contributed by atoms with van der Waals surface area (Å²) in [6.07, 6.45) is 4.16. The quantitative estimate of drug-likeness (QED) is 0.507. The molecule has 1 aliphatic heterocycles. The van der Waals surface area contributed by atoms with Crippen molar-refractivity contribution in [3.63, 3.8) is 0 Å². The zero-order valence-corrected chi connectivity index (χ0v) is 11.0. The van der Waals surface area contributed by atoms with Crippen LogP contribution in [-0.4, -0.2) is 22.7 Å². The number of pyridine rings is 1. The van der Waals surface area contributed by atoms with Gasteiger partial charge in [0.2, 0.25) is 0 Å². The van der Waals surface area contributed by atoms with Crippen molar-refractivity contribution in [2.45, 2.75) is 19.6 Å². The van der Waals surface area contributed by atoms with Gasteiger partial charge in [-0.3, -0.25) is 4.98 Å². The number of halogens is 1. The van der Waals surface area contributed by atoms with Crippen LogP contribution in [0.25, 0.3) is 0 Å². The molecule has 19 heavy (non-hydrogen) atoms. The third-order valence-corrected chi connectivity index (χ3v) is 2.41. The number of carbonyl (C=O) groups excluding carboxylic acids is 2. The van der Waals surface area contributed by atoms with E-state index in [1.165, 1.54) is 32.4 Å². The third kappa shape index (κ3) is 3.23. The summed E-state index contributed by atoms with van der Waals surface area (Å²) in [4.78, 5) is 27.1. The molecule has 0 saturated carbocycles. The smallest absolute Gasteiger partial charge is 0.350 e. The summed E-state index contributed by atoms with van der Waals surface area (Å²) < 4.78 is 9.87. The number of ether oxygens (including phenoxy) is 2. The molecule has 0 unspecified atom stereocenters. The van der Waals surface area contributed by atoms with E-state index in [2.05, 4.69) is 10.3 Å². The van der Waals surface area contributed by atoms with E-state index >= 15 is 0 Å². The van der Waals surface area contributed by atoms with Crippen LogP contribution >= 0.6 is 11.6 Å². The fraction of sp³-hybridized carbons (Fsp3) is 0.250. The van der Waals surface area contributed by atoms with Gasteiger partial charge >= 0.3 is 11.9 Å². The predicted molar refractivity (Wildman–Crippen MR) is 67.2 cm³/mol. The highest BCUT2D eigenvalue weighted by Crippen LogP contribution is 2.22. The number of cyclic esters (lactones) is 2. The van der Waals surface area contributed by atoms with Crippen molar-refractivity contribution in [3.8, 4) is 0 Å². The van der Waals surface area contributed by atoms with Gasteiger partial charge < -0.3 is 14.8 Å². The van der Waals surface area contributed by atoms with Crippen LogP contribution in [0.3, 0.4) is 0 Å². The fourth-order valence-electron chi connectivity index (χ4n) is 1.42. The first-order valence-corrected chi connectivity index (χ1v) is 5.79. The van der Waals surface area contributed by atoms with Crippen LogP contribution in [0.4, 0.5) is 5.69 Å². The van der Waals surface area contributed by atoms with Gasteiger partial charge in [-0.25, -0.2) is 9.59 Å². The number of esters is 2. The van der Waals surface area contributed by atoms with Crippen molar-refractivity contribution >= 4 is 29.2 Å². The molecule has 1 N–H and O–H groups in total. The Morgan fingerprint density at radius 2 is 1.89 bits per heavy atom. The summed E-state index contributed by atoms with van der Waals surface area (Å²) in [5.41, 5.74) is 0.310. The number of anilines is 1. The van der Waals surface area contributed by atoms with E-state index in [0.29, 0.717) is 10.7 Å². The number of carbonyl (C=O) groups is 2. The van der Waals surface area contributed by atoms with Crippen LogP contribution < -0.4 is 5.32 Å². The summed E-state index contributed by atoms with van der Waals surface area (Å²) in [7, 11) is 0. The lowest BCUT2D eigenvalue weighted by Crippen LogP contribution is -2.42. The van der Waals surface area contributed by atoms with Gasteiger partial charge in [0.15, 0.2) is 5.57 Å². The molecule has 0 spiro atoms. The standard InChI is InChI=1S/C12H11ClN2O4/c1-12(2)18-10(16)9(11(17)19-12)6-15-8-3-7(13)4-14-5-8/h3-6,15H,1-2H3. The lowest BCUT2D eigenvalue weighted by molar-refractivity contribution is -0.222. The average Bonchev–Trinajstić information content (AvgIpc) is 2.26. The summed E-state index contributed by atoms with van der Waals surface area (Å²) >= 11 is 5.75. The Bertz CT molecular complexity index is 547. The maximum atomic E-state index is 11.6. The zero-order valence-electron chi connectivity index (χ0n) is 10.3. The second-order valence-corrected chi connectivity index (χ2v) is 4.71. The van der Waals surface area contributed by atoms with Crippen molar-refractivity contribution < 1.29 is 19.1 Å².